The summed E-state index contributed by atoms with van der Waals surface area (Å²) in [5.74, 6) is 0. The number of carbonyl (C=O) groups excluding carboxylic acids is 1. The Kier molecular flexibility index (Phi) is 3.36. The molecule has 1 aliphatic rings. The van der Waals surface area contributed by atoms with E-state index in [9.17, 15) is 4.79 Å². The Hall–Kier alpha value is -0.900. The molecule has 0 aliphatic carbocycles. The van der Waals surface area contributed by atoms with E-state index in [1.54, 1.807) is 0 Å². The van der Waals surface area contributed by atoms with Crippen LogP contribution in [0.15, 0.2) is 24.3 Å². The standard InChI is InChI=1S/C11H13ClN2O/c12-10-3-1-9(2-4-10)7-14-6-5-13-11(14)8-15/h1-4,8,11,13H,5-7H2. The van der Waals surface area contributed by atoms with Gasteiger partial charge in [-0.2, -0.15) is 0 Å². The number of carbonyl (C=O) groups is 1. The first-order chi connectivity index (χ1) is 7.29. The molecule has 3 nitrogen and oxygen atoms in total. The number of hydrogen-bond donors (Lipinski definition) is 1. The quantitative estimate of drug-likeness (QED) is 0.785. The smallest absolute Gasteiger partial charge is 0.151 e. The highest BCUT2D eigenvalue weighted by Crippen LogP contribution is 2.13. The van der Waals surface area contributed by atoms with Gasteiger partial charge >= 0.3 is 0 Å². The van der Waals surface area contributed by atoms with Gasteiger partial charge in [0, 0.05) is 24.7 Å². The van der Waals surface area contributed by atoms with Crippen molar-refractivity contribution < 1.29 is 4.79 Å². The van der Waals surface area contributed by atoms with Crippen LogP contribution in [0.3, 0.4) is 0 Å². The largest absolute Gasteiger partial charge is 0.300 e. The van der Waals surface area contributed by atoms with Gasteiger partial charge in [0.2, 0.25) is 0 Å². The van der Waals surface area contributed by atoms with Crippen LogP contribution in [-0.4, -0.2) is 30.4 Å². The normalized spacial score (nSPS) is 21.8. The number of aldehydes is 1. The van der Waals surface area contributed by atoms with Gasteiger partial charge in [-0.05, 0) is 17.7 Å². The summed E-state index contributed by atoms with van der Waals surface area (Å²) < 4.78 is 0. The van der Waals surface area contributed by atoms with Crippen LogP contribution in [0.1, 0.15) is 5.56 Å². The third-order valence-electron chi connectivity index (χ3n) is 2.57. The Morgan fingerprint density at radius 2 is 2.20 bits per heavy atom. The number of halogens is 1. The summed E-state index contributed by atoms with van der Waals surface area (Å²) in [6, 6.07) is 7.72. The van der Waals surface area contributed by atoms with Crippen molar-refractivity contribution in [3.63, 3.8) is 0 Å². The van der Waals surface area contributed by atoms with Gasteiger partial charge in [-0.25, -0.2) is 0 Å². The molecular formula is C11H13ClN2O. The van der Waals surface area contributed by atoms with Crippen LogP contribution in [-0.2, 0) is 11.3 Å². The number of hydrogen-bond acceptors (Lipinski definition) is 3. The fraction of sp³-hybridized carbons (Fsp3) is 0.364. The number of nitrogens with zero attached hydrogens (tertiary/aromatic N) is 1. The molecule has 1 aromatic rings. The van der Waals surface area contributed by atoms with E-state index in [4.69, 9.17) is 11.6 Å². The predicted molar refractivity (Wildman–Crippen MR) is 59.7 cm³/mol. The van der Waals surface area contributed by atoms with Crippen molar-refractivity contribution in [1.29, 1.82) is 0 Å². The lowest BCUT2D eigenvalue weighted by Gasteiger charge is -2.19. The van der Waals surface area contributed by atoms with Gasteiger partial charge in [0.1, 0.15) is 6.17 Å². The predicted octanol–water partition coefficient (Wildman–Crippen LogP) is 1.27. The van der Waals surface area contributed by atoms with Crippen molar-refractivity contribution in [2.75, 3.05) is 13.1 Å². The van der Waals surface area contributed by atoms with Crippen LogP contribution in [0.2, 0.25) is 5.02 Å². The van der Waals surface area contributed by atoms with E-state index in [0.717, 1.165) is 30.9 Å². The second-order valence-electron chi connectivity index (χ2n) is 3.63. The van der Waals surface area contributed by atoms with Crippen LogP contribution in [0.25, 0.3) is 0 Å². The zero-order chi connectivity index (χ0) is 10.7. The third-order valence-corrected chi connectivity index (χ3v) is 2.83. The Labute approximate surface area is 94.0 Å². The Balaban J connectivity index is 2.02. The summed E-state index contributed by atoms with van der Waals surface area (Å²) in [6.07, 6.45) is 0.809. The first-order valence-corrected chi connectivity index (χ1v) is 5.34. The van der Waals surface area contributed by atoms with E-state index in [1.165, 1.54) is 5.56 Å². The fourth-order valence-electron chi connectivity index (χ4n) is 1.76. The molecule has 1 heterocycles. The number of nitrogens with one attached hydrogen (secondary N) is 1. The van der Waals surface area contributed by atoms with E-state index in [-0.39, 0.29) is 6.17 Å². The van der Waals surface area contributed by atoms with E-state index in [0.29, 0.717) is 0 Å². The molecule has 0 radical (unpaired) electrons. The molecule has 2 rings (SSSR count). The SMILES string of the molecule is O=CC1NCCN1Cc1ccc(Cl)cc1. The van der Waals surface area contributed by atoms with Crippen LogP contribution in [0, 0.1) is 0 Å². The zero-order valence-electron chi connectivity index (χ0n) is 8.32. The third kappa shape index (κ3) is 2.56. The van der Waals surface area contributed by atoms with Gasteiger partial charge in [-0.1, -0.05) is 23.7 Å². The Morgan fingerprint density at radius 1 is 1.47 bits per heavy atom. The van der Waals surface area contributed by atoms with Crippen LogP contribution in [0.4, 0.5) is 0 Å². The molecule has 80 valence electrons. The topological polar surface area (TPSA) is 32.3 Å². The molecule has 15 heavy (non-hydrogen) atoms. The first-order valence-electron chi connectivity index (χ1n) is 4.97. The lowest BCUT2D eigenvalue weighted by atomic mass is 10.2. The Bertz CT molecular complexity index is 339. The van der Waals surface area contributed by atoms with Crippen LogP contribution >= 0.6 is 11.6 Å². The molecule has 0 amide bonds. The molecule has 1 unspecified atom stereocenters. The summed E-state index contributed by atoms with van der Waals surface area (Å²) in [5, 5.41) is 3.86. The molecule has 0 aromatic heterocycles. The highest BCUT2D eigenvalue weighted by Gasteiger charge is 2.22. The highest BCUT2D eigenvalue weighted by atomic mass is 35.5. The summed E-state index contributed by atoms with van der Waals surface area (Å²) in [5.41, 5.74) is 1.18. The molecule has 1 aromatic carbocycles. The Morgan fingerprint density at radius 3 is 2.87 bits per heavy atom. The molecule has 0 bridgehead atoms. The molecule has 0 spiro atoms. The van der Waals surface area contributed by atoms with E-state index >= 15 is 0 Å². The first kappa shape index (κ1) is 10.6. The molecule has 0 saturated carbocycles. The van der Waals surface area contributed by atoms with Gasteiger partial charge in [-0.15, -0.1) is 0 Å². The average molecular weight is 225 g/mol. The summed E-state index contributed by atoms with van der Waals surface area (Å²) in [4.78, 5) is 12.8. The van der Waals surface area contributed by atoms with Gasteiger partial charge in [0.15, 0.2) is 6.29 Å². The van der Waals surface area contributed by atoms with Crippen molar-refractivity contribution in [3.8, 4) is 0 Å². The van der Waals surface area contributed by atoms with Crippen molar-refractivity contribution in [2.45, 2.75) is 12.7 Å². The summed E-state index contributed by atoms with van der Waals surface area (Å²) >= 11 is 5.80. The van der Waals surface area contributed by atoms with E-state index in [2.05, 4.69) is 10.2 Å². The molecule has 4 heteroatoms. The van der Waals surface area contributed by atoms with Gasteiger partial charge < -0.3 is 4.79 Å². The fourth-order valence-corrected chi connectivity index (χ4v) is 1.89. The zero-order valence-corrected chi connectivity index (χ0v) is 9.07. The maximum Gasteiger partial charge on any atom is 0.151 e. The second-order valence-corrected chi connectivity index (χ2v) is 4.07. The number of rotatable bonds is 3. The monoisotopic (exact) mass is 224 g/mol. The maximum absolute atomic E-state index is 10.7. The average Bonchev–Trinajstić information content (AvgIpc) is 2.69. The lowest BCUT2D eigenvalue weighted by Crippen LogP contribution is -2.36. The minimum atomic E-state index is -0.138. The lowest BCUT2D eigenvalue weighted by molar-refractivity contribution is -0.112. The molecule has 1 N–H and O–H groups in total. The van der Waals surface area contributed by atoms with E-state index < -0.39 is 0 Å². The van der Waals surface area contributed by atoms with Crippen molar-refractivity contribution in [3.05, 3.63) is 34.9 Å². The van der Waals surface area contributed by atoms with Crippen molar-refractivity contribution >= 4 is 17.9 Å². The highest BCUT2D eigenvalue weighted by molar-refractivity contribution is 6.30. The molecular weight excluding hydrogens is 212 g/mol. The molecule has 1 fully saturated rings. The minimum absolute atomic E-state index is 0.138. The van der Waals surface area contributed by atoms with E-state index in [1.807, 2.05) is 24.3 Å². The van der Waals surface area contributed by atoms with Gasteiger partial charge in [-0.3, -0.25) is 10.2 Å². The van der Waals surface area contributed by atoms with Crippen molar-refractivity contribution in [1.82, 2.24) is 10.2 Å². The summed E-state index contributed by atoms with van der Waals surface area (Å²) in [6.45, 7) is 2.57. The molecule has 1 saturated heterocycles. The van der Waals surface area contributed by atoms with Gasteiger partial charge in [0.05, 0.1) is 0 Å². The molecule has 1 atom stereocenters. The van der Waals surface area contributed by atoms with Crippen LogP contribution < -0.4 is 5.32 Å². The number of benzene rings is 1. The molecule has 1 aliphatic heterocycles. The summed E-state index contributed by atoms with van der Waals surface area (Å²) in [7, 11) is 0. The van der Waals surface area contributed by atoms with Crippen molar-refractivity contribution in [2.24, 2.45) is 0 Å². The maximum atomic E-state index is 10.7. The van der Waals surface area contributed by atoms with Gasteiger partial charge in [0.25, 0.3) is 0 Å². The van der Waals surface area contributed by atoms with Crippen LogP contribution in [0.5, 0.6) is 0 Å². The minimum Gasteiger partial charge on any atom is -0.300 e. The second kappa shape index (κ2) is 4.75.